The lowest BCUT2D eigenvalue weighted by Gasteiger charge is -2.22. The highest BCUT2D eigenvalue weighted by molar-refractivity contribution is 5.31. The molecule has 0 fully saturated rings. The van der Waals surface area contributed by atoms with Crippen LogP contribution < -0.4 is 5.73 Å². The second-order valence-electron chi connectivity index (χ2n) is 5.05. The van der Waals surface area contributed by atoms with Crippen molar-refractivity contribution in [2.24, 2.45) is 5.73 Å². The van der Waals surface area contributed by atoms with E-state index in [1.807, 2.05) is 18.2 Å². The van der Waals surface area contributed by atoms with Crippen molar-refractivity contribution in [3.05, 3.63) is 35.4 Å². The summed E-state index contributed by atoms with van der Waals surface area (Å²) in [6, 6.07) is 7.34. The van der Waals surface area contributed by atoms with Crippen LogP contribution in [0.2, 0.25) is 0 Å². The number of nitrogens with two attached hydrogens (primary N) is 1. The Morgan fingerprint density at radius 1 is 1.25 bits per heavy atom. The maximum absolute atomic E-state index is 12.7. The van der Waals surface area contributed by atoms with Crippen molar-refractivity contribution in [1.82, 2.24) is 0 Å². The van der Waals surface area contributed by atoms with Crippen molar-refractivity contribution < 1.29 is 8.78 Å². The summed E-state index contributed by atoms with van der Waals surface area (Å²) in [7, 11) is 0. The van der Waals surface area contributed by atoms with E-state index < -0.39 is 12.3 Å². The van der Waals surface area contributed by atoms with Crippen LogP contribution in [0.1, 0.15) is 37.8 Å². The Morgan fingerprint density at radius 3 is 2.31 bits per heavy atom. The monoisotopic (exact) mass is 227 g/mol. The predicted molar refractivity (Wildman–Crippen MR) is 62.9 cm³/mol. The number of alkyl halides is 2. The van der Waals surface area contributed by atoms with Crippen LogP contribution in [0.3, 0.4) is 0 Å². The van der Waals surface area contributed by atoms with Crippen LogP contribution in [-0.2, 0) is 5.41 Å². The molecule has 1 unspecified atom stereocenters. The van der Waals surface area contributed by atoms with Crippen LogP contribution >= 0.6 is 0 Å². The second kappa shape index (κ2) is 4.91. The second-order valence-corrected chi connectivity index (χ2v) is 5.05. The summed E-state index contributed by atoms with van der Waals surface area (Å²) in [6.45, 7) is 6.16. The van der Waals surface area contributed by atoms with Crippen molar-refractivity contribution in [3.8, 4) is 0 Å². The molecule has 0 heterocycles. The van der Waals surface area contributed by atoms with Crippen LogP contribution in [0.25, 0.3) is 0 Å². The Labute approximate surface area is 95.7 Å². The van der Waals surface area contributed by atoms with Crippen LogP contribution in [-0.4, -0.2) is 13.0 Å². The zero-order valence-electron chi connectivity index (χ0n) is 10.0. The molecule has 0 bridgehead atoms. The Morgan fingerprint density at radius 2 is 1.88 bits per heavy atom. The van der Waals surface area contributed by atoms with E-state index in [0.717, 1.165) is 5.56 Å². The quantitative estimate of drug-likeness (QED) is 0.842. The summed E-state index contributed by atoms with van der Waals surface area (Å²) in [6.07, 6.45) is -2.40. The molecule has 0 saturated carbocycles. The maximum atomic E-state index is 12.7. The molecule has 16 heavy (non-hydrogen) atoms. The van der Waals surface area contributed by atoms with Gasteiger partial charge in [0.25, 0.3) is 0 Å². The molecule has 0 aromatic heterocycles. The third-order valence-corrected chi connectivity index (χ3v) is 2.74. The molecule has 0 amide bonds. The van der Waals surface area contributed by atoms with E-state index in [1.165, 1.54) is 0 Å². The van der Waals surface area contributed by atoms with Gasteiger partial charge in [0.2, 0.25) is 6.43 Å². The van der Waals surface area contributed by atoms with Gasteiger partial charge in [-0.05, 0) is 16.5 Å². The molecule has 0 aliphatic rings. The zero-order valence-corrected chi connectivity index (χ0v) is 10.0. The molecule has 0 radical (unpaired) electrons. The van der Waals surface area contributed by atoms with E-state index in [-0.39, 0.29) is 12.0 Å². The fraction of sp³-hybridized carbons (Fsp3) is 0.538. The van der Waals surface area contributed by atoms with Gasteiger partial charge in [-0.1, -0.05) is 45.0 Å². The largest absolute Gasteiger partial charge is 0.330 e. The standard InChI is InChI=1S/C13H19F2N/c1-13(2,3)10-6-4-5-9(7-10)11(8-16)12(14)15/h4-7,11-12H,8,16H2,1-3H3. The Balaban J connectivity index is 3.07. The van der Waals surface area contributed by atoms with E-state index in [4.69, 9.17) is 5.73 Å². The summed E-state index contributed by atoms with van der Waals surface area (Å²) >= 11 is 0. The average Bonchev–Trinajstić information content (AvgIpc) is 2.17. The van der Waals surface area contributed by atoms with Crippen LogP contribution in [0.5, 0.6) is 0 Å². The molecule has 1 atom stereocenters. The summed E-state index contributed by atoms with van der Waals surface area (Å²) in [4.78, 5) is 0. The van der Waals surface area contributed by atoms with Crippen molar-refractivity contribution >= 4 is 0 Å². The van der Waals surface area contributed by atoms with Crippen LogP contribution in [0.4, 0.5) is 8.78 Å². The molecule has 0 aliphatic heterocycles. The zero-order chi connectivity index (χ0) is 12.3. The van der Waals surface area contributed by atoms with Gasteiger partial charge in [0.1, 0.15) is 0 Å². The molecule has 0 spiro atoms. The number of hydrogen-bond acceptors (Lipinski definition) is 1. The van der Waals surface area contributed by atoms with E-state index in [0.29, 0.717) is 5.56 Å². The van der Waals surface area contributed by atoms with Gasteiger partial charge in [-0.25, -0.2) is 8.78 Å². The van der Waals surface area contributed by atoms with Crippen LogP contribution in [0, 0.1) is 0 Å². The van der Waals surface area contributed by atoms with Gasteiger partial charge in [0.15, 0.2) is 0 Å². The highest BCUT2D eigenvalue weighted by Crippen LogP contribution is 2.28. The third-order valence-electron chi connectivity index (χ3n) is 2.74. The van der Waals surface area contributed by atoms with Crippen molar-refractivity contribution in [2.75, 3.05) is 6.54 Å². The molecule has 1 aromatic rings. The molecule has 90 valence electrons. The molecule has 1 rings (SSSR count). The van der Waals surface area contributed by atoms with Gasteiger partial charge in [-0.3, -0.25) is 0 Å². The smallest absolute Gasteiger partial charge is 0.246 e. The molecule has 3 heteroatoms. The lowest BCUT2D eigenvalue weighted by atomic mass is 9.84. The van der Waals surface area contributed by atoms with E-state index in [9.17, 15) is 8.78 Å². The van der Waals surface area contributed by atoms with Gasteiger partial charge in [0, 0.05) is 6.54 Å². The SMILES string of the molecule is CC(C)(C)c1cccc(C(CN)C(F)F)c1. The maximum Gasteiger partial charge on any atom is 0.246 e. The van der Waals surface area contributed by atoms with E-state index >= 15 is 0 Å². The minimum Gasteiger partial charge on any atom is -0.330 e. The van der Waals surface area contributed by atoms with Gasteiger partial charge in [0.05, 0.1) is 5.92 Å². The fourth-order valence-corrected chi connectivity index (χ4v) is 1.62. The lowest BCUT2D eigenvalue weighted by molar-refractivity contribution is 0.117. The molecular formula is C13H19F2N. The summed E-state index contributed by atoms with van der Waals surface area (Å²) in [5.74, 6) is -0.859. The summed E-state index contributed by atoms with van der Waals surface area (Å²) in [5.41, 5.74) is 7.04. The van der Waals surface area contributed by atoms with Crippen molar-refractivity contribution in [1.29, 1.82) is 0 Å². The topological polar surface area (TPSA) is 26.0 Å². The van der Waals surface area contributed by atoms with E-state index in [1.54, 1.807) is 6.07 Å². The molecular weight excluding hydrogens is 208 g/mol. The van der Waals surface area contributed by atoms with Gasteiger partial charge in [-0.15, -0.1) is 0 Å². The van der Waals surface area contributed by atoms with Crippen molar-refractivity contribution in [3.63, 3.8) is 0 Å². The highest BCUT2D eigenvalue weighted by Gasteiger charge is 2.22. The normalized spacial score (nSPS) is 14.2. The number of hydrogen-bond donors (Lipinski definition) is 1. The summed E-state index contributed by atoms with van der Waals surface area (Å²) in [5, 5.41) is 0. The average molecular weight is 227 g/mol. The van der Waals surface area contributed by atoms with Crippen LogP contribution in [0.15, 0.2) is 24.3 Å². The number of halogens is 2. The fourth-order valence-electron chi connectivity index (χ4n) is 1.62. The molecule has 0 aliphatic carbocycles. The first kappa shape index (κ1) is 13.1. The first-order chi connectivity index (χ1) is 7.36. The van der Waals surface area contributed by atoms with Gasteiger partial charge >= 0.3 is 0 Å². The minimum atomic E-state index is -2.40. The highest BCUT2D eigenvalue weighted by atomic mass is 19.3. The minimum absolute atomic E-state index is 0.0226. The Hall–Kier alpha value is -0.960. The van der Waals surface area contributed by atoms with Gasteiger partial charge in [-0.2, -0.15) is 0 Å². The predicted octanol–water partition coefficient (Wildman–Crippen LogP) is 3.29. The Bertz CT molecular complexity index is 342. The molecule has 1 aromatic carbocycles. The van der Waals surface area contributed by atoms with Gasteiger partial charge < -0.3 is 5.73 Å². The number of benzene rings is 1. The third kappa shape index (κ3) is 3.01. The van der Waals surface area contributed by atoms with Crippen molar-refractivity contribution in [2.45, 2.75) is 38.5 Å². The lowest BCUT2D eigenvalue weighted by Crippen LogP contribution is -2.20. The molecule has 1 nitrogen and oxygen atoms in total. The number of rotatable bonds is 3. The summed E-state index contributed by atoms with van der Waals surface area (Å²) < 4.78 is 25.5. The molecule has 2 N–H and O–H groups in total. The first-order valence-corrected chi connectivity index (χ1v) is 5.45. The first-order valence-electron chi connectivity index (χ1n) is 5.45. The van der Waals surface area contributed by atoms with E-state index in [2.05, 4.69) is 20.8 Å². The molecule has 0 saturated heterocycles. The Kier molecular flexibility index (Phi) is 4.03.